The molecule has 0 aliphatic carbocycles. The van der Waals surface area contributed by atoms with Gasteiger partial charge in [-0.3, -0.25) is 52.8 Å². The van der Waals surface area contributed by atoms with Gasteiger partial charge >= 0.3 is 0 Å². The average Bonchev–Trinajstić information content (AvgIpc) is 1.58. The van der Waals surface area contributed by atoms with Gasteiger partial charge in [-0.1, -0.05) is 12.5 Å². The third-order valence-corrected chi connectivity index (χ3v) is 22.5. The first-order valence-electron chi connectivity index (χ1n) is 48.2. The molecule has 794 valence electrons. The number of aliphatic hydroxyl groups is 1. The Kier molecular flexibility index (Phi) is 47.4. The van der Waals surface area contributed by atoms with E-state index in [0.29, 0.717) is 213 Å². The molecule has 0 aliphatic rings. The number of hydrogen-bond acceptors (Lipinski definition) is 29. The van der Waals surface area contributed by atoms with Crippen molar-refractivity contribution < 1.29 is 119 Å². The number of methoxy groups -OCH3 is 2. The number of anilines is 5. The van der Waals surface area contributed by atoms with Gasteiger partial charge < -0.3 is 152 Å². The molecule has 0 radical (unpaired) electrons. The van der Waals surface area contributed by atoms with Gasteiger partial charge in [0.1, 0.15) is 52.3 Å². The van der Waals surface area contributed by atoms with Gasteiger partial charge in [0.15, 0.2) is 17.5 Å². The monoisotopic (exact) mass is 2040 g/mol. The highest BCUT2D eigenvalue weighted by Gasteiger charge is 2.28. The number of aromatic nitrogens is 10. The summed E-state index contributed by atoms with van der Waals surface area (Å²) in [5.74, 6) is -3.44. The Labute approximate surface area is 845 Å². The zero-order valence-electron chi connectivity index (χ0n) is 84.7. The lowest BCUT2D eigenvalue weighted by Gasteiger charge is -2.22. The van der Waals surface area contributed by atoms with E-state index in [9.17, 15) is 57.4 Å². The van der Waals surface area contributed by atoms with Crippen LogP contribution in [0.1, 0.15) is 132 Å². The summed E-state index contributed by atoms with van der Waals surface area (Å²) in [5, 5.41) is 36.2. The molecule has 7 aromatic heterocycles. The van der Waals surface area contributed by atoms with Crippen LogP contribution in [0.2, 0.25) is 0 Å². The van der Waals surface area contributed by atoms with Gasteiger partial charge in [0.05, 0.1) is 162 Å². The highest BCUT2D eigenvalue weighted by Crippen LogP contribution is 2.41. The lowest BCUT2D eigenvalue weighted by atomic mass is 9.93. The molecule has 0 spiro atoms. The Balaban J connectivity index is 0.599. The maximum Gasteiger partial charge on any atom is 0.291 e. The molecule has 45 nitrogen and oxygen atoms in total. The van der Waals surface area contributed by atoms with Crippen LogP contribution >= 0.6 is 0 Å². The first-order valence-corrected chi connectivity index (χ1v) is 48.2. The summed E-state index contributed by atoms with van der Waals surface area (Å²) in [6, 6.07) is 19.4. The predicted octanol–water partition coefficient (Wildman–Crippen LogP) is 7.17. The standard InChI is InChI=1S/C100H137FN20O25/c1-68-57-71(101)58-69(2)89(68)146-82-20-15-70(100(3,4)132)59-76(82)78-65-119(9)99(131)88-77(78)62-79(110-88)93(125)107-72-16-18-75(19-17-72)145-56-55-144-54-53-143-52-51-140-44-41-135-34-28-102-85(122)21-24-106-96(128)91-113-83(66-117(91)7)111-87(124)23-26-105-95(127)81-61-74(64-121(81)30-14-12-13-29-120(32-35-136-42-45-141-49-47-138-39-37-133-10)33-36-137-43-46-142-50-48-139-40-38-134-11)109-98(130)92-114-84(67-118(92)8)112-86(123)22-25-104-94(126)80-60-73(63-116(80)6)108-97(129)90-103-27-31-115(90)5/h15-20,27,31,57-67,110,132H,12-14,21-26,28-30,32-56H2,1-11H3,(H,102,122)(H,104,126)(H,105,127)(H,106,128)(H,107,125)(H,108,129)(H,109,130)(H,111,124)(H,112,123). The zero-order chi connectivity index (χ0) is 105. The third-order valence-electron chi connectivity index (χ3n) is 22.5. The maximum atomic E-state index is 14.3. The molecule has 0 bridgehead atoms. The molecule has 9 amide bonds. The van der Waals surface area contributed by atoms with Gasteiger partial charge in [0.25, 0.3) is 41.0 Å². The van der Waals surface area contributed by atoms with Crippen LogP contribution in [0.3, 0.4) is 0 Å². The number of ether oxygens (including phenoxy) is 14. The van der Waals surface area contributed by atoms with Crippen LogP contribution in [0.25, 0.3) is 22.0 Å². The van der Waals surface area contributed by atoms with Crippen molar-refractivity contribution in [2.45, 2.75) is 78.4 Å². The number of aryl methyl sites for hydroxylation is 8. The lowest BCUT2D eigenvalue weighted by Crippen LogP contribution is -2.33. The lowest BCUT2D eigenvalue weighted by molar-refractivity contribution is -0.121. The molecule has 46 heteroatoms. The van der Waals surface area contributed by atoms with Crippen molar-refractivity contribution in [2.24, 2.45) is 35.2 Å². The molecule has 146 heavy (non-hydrogen) atoms. The van der Waals surface area contributed by atoms with Crippen molar-refractivity contribution >= 4 is 92.8 Å². The molecule has 11 N–H and O–H groups in total. The Morgan fingerprint density at radius 2 is 0.925 bits per heavy atom. The number of aromatic amines is 1. The van der Waals surface area contributed by atoms with Crippen molar-refractivity contribution in [1.82, 2.24) is 73.5 Å². The first kappa shape index (κ1) is 114. The van der Waals surface area contributed by atoms with Crippen LogP contribution in [-0.4, -0.2) is 323 Å². The zero-order valence-corrected chi connectivity index (χ0v) is 84.7. The number of nitrogens with zero attached hydrogens (tertiary/aromatic N) is 10. The Morgan fingerprint density at radius 1 is 0.438 bits per heavy atom. The minimum atomic E-state index is -1.24. The van der Waals surface area contributed by atoms with Gasteiger partial charge in [-0.2, -0.15) is 0 Å². The summed E-state index contributed by atoms with van der Waals surface area (Å²) in [6.07, 6.45) is 12.6. The van der Waals surface area contributed by atoms with Gasteiger partial charge in [0.2, 0.25) is 29.4 Å². The number of nitrogens with one attached hydrogen (secondary N) is 10. The third kappa shape index (κ3) is 37.9. The van der Waals surface area contributed by atoms with Crippen molar-refractivity contribution in [3.8, 4) is 28.4 Å². The van der Waals surface area contributed by atoms with Gasteiger partial charge in [0, 0.05) is 180 Å². The molecule has 0 saturated heterocycles. The van der Waals surface area contributed by atoms with E-state index >= 15 is 0 Å². The maximum absolute atomic E-state index is 14.3. The summed E-state index contributed by atoms with van der Waals surface area (Å²) in [6.45, 7) is 18.0. The summed E-state index contributed by atoms with van der Waals surface area (Å²) < 4.78 is 102. The Morgan fingerprint density at radius 3 is 1.47 bits per heavy atom. The quantitative estimate of drug-likeness (QED) is 0.0168. The number of amides is 9. The number of rotatable bonds is 70. The minimum absolute atomic E-state index is 0.0193. The van der Waals surface area contributed by atoms with Crippen molar-refractivity contribution in [3.05, 3.63) is 184 Å². The largest absolute Gasteiger partial charge is 0.491 e. The molecule has 10 aromatic rings. The molecular formula is C100H137FN20O25. The van der Waals surface area contributed by atoms with Crippen LogP contribution in [-0.2, 0) is 119 Å². The molecule has 0 fully saturated rings. The summed E-state index contributed by atoms with van der Waals surface area (Å²) in [4.78, 5) is 152. The van der Waals surface area contributed by atoms with E-state index in [1.165, 1.54) is 61.1 Å². The average molecular weight is 2040 g/mol. The number of fused-ring (bicyclic) bond motifs is 1. The van der Waals surface area contributed by atoms with Gasteiger partial charge in [-0.05, 0) is 131 Å². The molecule has 0 atom stereocenters. The molecule has 7 heterocycles. The number of H-pyrrole nitrogens is 1. The number of unbranched alkanes of at least 4 members (excludes halogenated alkanes) is 2. The molecule has 0 aliphatic heterocycles. The van der Waals surface area contributed by atoms with E-state index in [1.807, 2.05) is 0 Å². The van der Waals surface area contributed by atoms with E-state index in [1.54, 1.807) is 160 Å². The van der Waals surface area contributed by atoms with Crippen molar-refractivity contribution in [1.29, 1.82) is 0 Å². The molecular weight excluding hydrogens is 1900 g/mol. The van der Waals surface area contributed by atoms with Gasteiger partial charge in [-0.25, -0.2) is 19.3 Å². The first-order chi connectivity index (χ1) is 70.4. The summed E-state index contributed by atoms with van der Waals surface area (Å²) >= 11 is 0. The number of carbonyl (C=O) groups is 9. The Hall–Kier alpha value is -13.5. The van der Waals surface area contributed by atoms with Crippen molar-refractivity contribution in [3.63, 3.8) is 0 Å². The summed E-state index contributed by atoms with van der Waals surface area (Å²) in [5.41, 5.74) is 3.00. The second-order valence-electron chi connectivity index (χ2n) is 34.4. The fourth-order valence-electron chi connectivity index (χ4n) is 14.9. The normalized spacial score (nSPS) is 11.5. The second kappa shape index (κ2) is 60.5. The van der Waals surface area contributed by atoms with E-state index < -0.39 is 58.7 Å². The number of hydrogen-bond donors (Lipinski definition) is 11. The number of pyridine rings is 1. The molecule has 0 saturated carbocycles. The number of imidazole rings is 3. The molecule has 3 aromatic carbocycles. The molecule has 10 rings (SSSR count). The highest BCUT2D eigenvalue weighted by atomic mass is 19.1. The minimum Gasteiger partial charge on any atom is -0.491 e. The van der Waals surface area contributed by atoms with E-state index in [-0.39, 0.29) is 147 Å². The predicted molar refractivity (Wildman–Crippen MR) is 539 cm³/mol. The van der Waals surface area contributed by atoms with Crippen LogP contribution < -0.4 is 62.9 Å². The van der Waals surface area contributed by atoms with Crippen LogP contribution in [0, 0.1) is 19.7 Å². The van der Waals surface area contributed by atoms with E-state index in [4.69, 9.17) is 66.3 Å². The van der Waals surface area contributed by atoms with Crippen LogP contribution in [0.4, 0.5) is 33.1 Å². The SMILES string of the molecule is COCCOCCOCCOCCN(CCCCCn1cc(NC(=O)c2nc(NC(=O)CCNC(=O)c3cc(NC(=O)c4nccn4C)cn3C)cn2C)cc1C(=O)NCCC(=O)Nc1cn(C)c(C(=O)NCCC(=O)NCCOCCOCCOCCOCCOc2ccc(NC(=O)c3cc4c(-c5cc(C(C)(C)O)ccc5Oc5c(C)cc(F)cc5C)cn(C)c(=O)c4[nH]3)cc2)n1)CCOCCOCCOCCOC. The smallest absolute Gasteiger partial charge is 0.291 e. The van der Waals surface area contributed by atoms with Crippen LogP contribution in [0.5, 0.6) is 17.2 Å². The van der Waals surface area contributed by atoms with Crippen molar-refractivity contribution in [2.75, 3.05) is 239 Å². The van der Waals surface area contributed by atoms with Gasteiger partial charge in [-0.15, -0.1) is 0 Å². The molecule has 0 unspecified atom stereocenters. The van der Waals surface area contributed by atoms with Crippen LogP contribution in [0.15, 0.2) is 121 Å². The summed E-state index contributed by atoms with van der Waals surface area (Å²) in [7, 11) is 11.3. The number of benzene rings is 3. The topological polar surface area (TPSA) is 516 Å². The Bertz CT molecular complexity index is 5890. The highest BCUT2D eigenvalue weighted by molar-refractivity contribution is 6.09. The van der Waals surface area contributed by atoms with E-state index in [2.05, 4.69) is 72.7 Å². The fourth-order valence-corrected chi connectivity index (χ4v) is 14.9. The second-order valence-corrected chi connectivity index (χ2v) is 34.4. The number of halogens is 1. The van der Waals surface area contributed by atoms with E-state index in [0.717, 1.165) is 12.8 Å². The number of carbonyl (C=O) groups excluding carboxylic acids is 9. The fraction of sp³-hybridized carbons (Fsp3) is 0.490.